The molecule has 0 atom stereocenters. The summed E-state index contributed by atoms with van der Waals surface area (Å²) >= 11 is 0. The van der Waals surface area contributed by atoms with E-state index in [1.165, 1.54) is 19.6 Å². The quantitative estimate of drug-likeness (QED) is 0.669. The molecule has 1 heterocycles. The van der Waals surface area contributed by atoms with E-state index in [1.54, 1.807) is 0 Å². The van der Waals surface area contributed by atoms with Gasteiger partial charge in [-0.05, 0) is 18.4 Å². The lowest BCUT2D eigenvalue weighted by atomic mass is 10.0. The summed E-state index contributed by atoms with van der Waals surface area (Å²) in [6.07, 6.45) is 10.5. The Morgan fingerprint density at radius 3 is 3.00 bits per heavy atom. The van der Waals surface area contributed by atoms with Crippen LogP contribution in [-0.2, 0) is 19.0 Å². The summed E-state index contributed by atoms with van der Waals surface area (Å²) in [5.41, 5.74) is 1.01. The molecule has 0 spiro atoms. The molecule has 1 aliphatic heterocycles. The average molecular weight is 220 g/mol. The molecular weight excluding hydrogens is 208 g/mol. The van der Waals surface area contributed by atoms with Crippen molar-refractivity contribution in [1.82, 2.24) is 0 Å². The highest BCUT2D eigenvalue weighted by Crippen LogP contribution is 2.26. The van der Waals surface area contributed by atoms with Gasteiger partial charge in [0.1, 0.15) is 12.5 Å². The van der Waals surface area contributed by atoms with Gasteiger partial charge in [-0.3, -0.25) is 0 Å². The van der Waals surface area contributed by atoms with Crippen LogP contribution < -0.4 is 0 Å². The molecule has 4 nitrogen and oxygen atoms in total. The predicted octanol–water partition coefficient (Wildman–Crippen LogP) is 2.17. The largest absolute Gasteiger partial charge is 0.465 e. The second-order valence-corrected chi connectivity index (χ2v) is 3.35. The van der Waals surface area contributed by atoms with Crippen LogP contribution in [0.2, 0.25) is 0 Å². The number of carbonyl (C=O) groups excluding carboxylic acids is 1. The van der Waals surface area contributed by atoms with E-state index in [-0.39, 0.29) is 5.76 Å². The van der Waals surface area contributed by atoms with Crippen molar-refractivity contribution in [2.45, 2.75) is 12.8 Å². The molecule has 0 aromatic heterocycles. The molecule has 0 saturated heterocycles. The van der Waals surface area contributed by atoms with E-state index >= 15 is 0 Å². The SMILES string of the molecule is COC(=O)C1=COC=C(C2=CC=CCC2)O1. The van der Waals surface area contributed by atoms with Crippen LogP contribution in [0.15, 0.2) is 47.8 Å². The van der Waals surface area contributed by atoms with Crippen molar-refractivity contribution in [1.29, 1.82) is 0 Å². The van der Waals surface area contributed by atoms with Gasteiger partial charge in [0.05, 0.1) is 7.11 Å². The Balaban J connectivity index is 2.09. The molecule has 0 aromatic carbocycles. The summed E-state index contributed by atoms with van der Waals surface area (Å²) in [5, 5.41) is 0. The topological polar surface area (TPSA) is 44.8 Å². The van der Waals surface area contributed by atoms with Crippen LogP contribution in [0.4, 0.5) is 0 Å². The van der Waals surface area contributed by atoms with Crippen LogP contribution in [0.25, 0.3) is 0 Å². The Kier molecular flexibility index (Phi) is 3.10. The van der Waals surface area contributed by atoms with Gasteiger partial charge < -0.3 is 14.2 Å². The number of methoxy groups -OCH3 is 1. The summed E-state index contributed by atoms with van der Waals surface area (Å²) in [7, 11) is 1.30. The second kappa shape index (κ2) is 4.70. The maximum atomic E-state index is 11.2. The third kappa shape index (κ3) is 2.16. The molecular formula is C12H12O4. The third-order valence-corrected chi connectivity index (χ3v) is 2.29. The Morgan fingerprint density at radius 1 is 1.44 bits per heavy atom. The first-order valence-corrected chi connectivity index (χ1v) is 4.99. The van der Waals surface area contributed by atoms with Crippen molar-refractivity contribution in [3.8, 4) is 0 Å². The Labute approximate surface area is 93.5 Å². The molecule has 2 rings (SSSR count). The number of esters is 1. The zero-order valence-corrected chi connectivity index (χ0v) is 8.93. The summed E-state index contributed by atoms with van der Waals surface area (Å²) in [5.74, 6) is 0.0836. The highest BCUT2D eigenvalue weighted by molar-refractivity contribution is 5.86. The van der Waals surface area contributed by atoms with Crippen LogP contribution in [0.3, 0.4) is 0 Å². The fourth-order valence-electron chi connectivity index (χ4n) is 1.46. The Morgan fingerprint density at radius 2 is 2.31 bits per heavy atom. The lowest BCUT2D eigenvalue weighted by Gasteiger charge is -2.17. The zero-order valence-electron chi connectivity index (χ0n) is 8.93. The van der Waals surface area contributed by atoms with Crippen LogP contribution in [0.5, 0.6) is 0 Å². The standard InChI is InChI=1S/C12H12O4/c1-14-12(13)11-8-15-7-10(16-11)9-5-3-2-4-6-9/h2-3,5,7-8H,4,6H2,1H3. The number of allylic oxidation sites excluding steroid dienone is 4. The maximum Gasteiger partial charge on any atom is 0.377 e. The van der Waals surface area contributed by atoms with Gasteiger partial charge in [0.2, 0.25) is 5.76 Å². The molecule has 0 radical (unpaired) electrons. The molecule has 0 amide bonds. The van der Waals surface area contributed by atoms with Crippen molar-refractivity contribution < 1.29 is 19.0 Å². The summed E-state index contributed by atoms with van der Waals surface area (Å²) < 4.78 is 15.0. The Hall–Kier alpha value is -1.97. The summed E-state index contributed by atoms with van der Waals surface area (Å²) in [6, 6.07) is 0. The maximum absolute atomic E-state index is 11.2. The van der Waals surface area contributed by atoms with Gasteiger partial charge >= 0.3 is 5.97 Å². The van der Waals surface area contributed by atoms with E-state index in [2.05, 4.69) is 10.8 Å². The molecule has 0 bridgehead atoms. The summed E-state index contributed by atoms with van der Waals surface area (Å²) in [6.45, 7) is 0. The van der Waals surface area contributed by atoms with Gasteiger partial charge in [0, 0.05) is 0 Å². The molecule has 84 valence electrons. The lowest BCUT2D eigenvalue weighted by Crippen LogP contribution is -2.12. The number of rotatable bonds is 2. The van der Waals surface area contributed by atoms with Gasteiger partial charge in [-0.15, -0.1) is 0 Å². The predicted molar refractivity (Wildman–Crippen MR) is 56.8 cm³/mol. The number of hydrogen-bond acceptors (Lipinski definition) is 4. The minimum atomic E-state index is -0.544. The van der Waals surface area contributed by atoms with Gasteiger partial charge in [0.25, 0.3) is 0 Å². The van der Waals surface area contributed by atoms with Crippen LogP contribution in [0.1, 0.15) is 12.8 Å². The van der Waals surface area contributed by atoms with Crippen molar-refractivity contribution in [3.05, 3.63) is 47.8 Å². The van der Waals surface area contributed by atoms with E-state index in [0.29, 0.717) is 5.76 Å². The monoisotopic (exact) mass is 220 g/mol. The van der Waals surface area contributed by atoms with Crippen LogP contribution >= 0.6 is 0 Å². The first-order chi connectivity index (χ1) is 7.81. The minimum Gasteiger partial charge on any atom is -0.465 e. The van der Waals surface area contributed by atoms with Crippen LogP contribution in [-0.4, -0.2) is 13.1 Å². The molecule has 2 aliphatic rings. The zero-order chi connectivity index (χ0) is 11.4. The molecule has 0 unspecified atom stereocenters. The van der Waals surface area contributed by atoms with Gasteiger partial charge in [0.15, 0.2) is 5.76 Å². The lowest BCUT2D eigenvalue weighted by molar-refractivity contribution is -0.139. The second-order valence-electron chi connectivity index (χ2n) is 3.35. The molecule has 1 aliphatic carbocycles. The highest BCUT2D eigenvalue weighted by atomic mass is 16.6. The molecule has 0 aromatic rings. The van der Waals surface area contributed by atoms with Crippen molar-refractivity contribution in [3.63, 3.8) is 0 Å². The number of carbonyl (C=O) groups is 1. The third-order valence-electron chi connectivity index (χ3n) is 2.29. The van der Waals surface area contributed by atoms with Crippen molar-refractivity contribution in [2.75, 3.05) is 7.11 Å². The molecule has 0 saturated carbocycles. The first-order valence-electron chi connectivity index (χ1n) is 4.99. The normalized spacial score (nSPS) is 18.7. The fraction of sp³-hybridized carbons (Fsp3) is 0.250. The smallest absolute Gasteiger partial charge is 0.377 e. The van der Waals surface area contributed by atoms with Gasteiger partial charge in [-0.25, -0.2) is 4.79 Å². The van der Waals surface area contributed by atoms with E-state index < -0.39 is 5.97 Å². The average Bonchev–Trinajstić information content (AvgIpc) is 2.39. The van der Waals surface area contributed by atoms with Crippen molar-refractivity contribution >= 4 is 5.97 Å². The van der Waals surface area contributed by atoms with Gasteiger partial charge in [-0.1, -0.05) is 18.2 Å². The van der Waals surface area contributed by atoms with E-state index in [4.69, 9.17) is 9.47 Å². The van der Waals surface area contributed by atoms with Gasteiger partial charge in [-0.2, -0.15) is 0 Å². The first kappa shape index (κ1) is 10.5. The highest BCUT2D eigenvalue weighted by Gasteiger charge is 2.20. The minimum absolute atomic E-state index is 0.0652. The number of hydrogen-bond donors (Lipinski definition) is 0. The fourth-order valence-corrected chi connectivity index (χ4v) is 1.46. The molecule has 4 heteroatoms. The Bertz CT molecular complexity index is 413. The van der Waals surface area contributed by atoms with E-state index in [0.717, 1.165) is 18.4 Å². The number of ether oxygens (including phenoxy) is 3. The molecule has 0 fully saturated rings. The van der Waals surface area contributed by atoms with Crippen molar-refractivity contribution in [2.24, 2.45) is 0 Å². The molecule has 16 heavy (non-hydrogen) atoms. The van der Waals surface area contributed by atoms with E-state index in [9.17, 15) is 4.79 Å². The van der Waals surface area contributed by atoms with Crippen LogP contribution in [0, 0.1) is 0 Å². The molecule has 0 N–H and O–H groups in total. The summed E-state index contributed by atoms with van der Waals surface area (Å²) in [4.78, 5) is 11.2. The van der Waals surface area contributed by atoms with E-state index in [1.807, 2.05) is 12.2 Å².